The smallest absolute Gasteiger partial charge is 0.410 e. The Morgan fingerprint density at radius 2 is 1.59 bits per heavy atom. The van der Waals surface area contributed by atoms with E-state index in [1.807, 2.05) is 24.3 Å². The van der Waals surface area contributed by atoms with Crippen molar-refractivity contribution in [1.82, 2.24) is 4.90 Å². The lowest BCUT2D eigenvalue weighted by Gasteiger charge is -2.23. The predicted octanol–water partition coefficient (Wildman–Crippen LogP) is 4.84. The first-order valence-corrected chi connectivity index (χ1v) is 9.36. The van der Waals surface area contributed by atoms with Crippen LogP contribution in [0.15, 0.2) is 72.8 Å². The Balaban J connectivity index is 1.51. The van der Waals surface area contributed by atoms with Gasteiger partial charge >= 0.3 is 6.09 Å². The third-order valence-electron chi connectivity index (χ3n) is 5.34. The van der Waals surface area contributed by atoms with Gasteiger partial charge in [0.2, 0.25) is 0 Å². The highest BCUT2D eigenvalue weighted by atomic mass is 16.6. The molecule has 5 heteroatoms. The van der Waals surface area contributed by atoms with Gasteiger partial charge in [0.15, 0.2) is 0 Å². The Morgan fingerprint density at radius 3 is 2.14 bits per heavy atom. The van der Waals surface area contributed by atoms with Crippen LogP contribution in [0.4, 0.5) is 4.79 Å². The van der Waals surface area contributed by atoms with E-state index in [1.54, 1.807) is 19.2 Å². The highest BCUT2D eigenvalue weighted by Gasteiger charge is 2.30. The third-order valence-corrected chi connectivity index (χ3v) is 5.34. The first kappa shape index (κ1) is 18.6. The minimum absolute atomic E-state index is 0.0334. The number of fused-ring (bicyclic) bond motifs is 3. The standard InChI is InChI=1S/C24H20N2O3/c1-26(23(14-25)16-10-12-17(27)13-11-16)24(28)29-15-22-20-8-4-2-6-18(20)19-7-3-5-9-21(19)22/h2-13,22-23,27H,15H2,1H3. The largest absolute Gasteiger partial charge is 0.508 e. The second-order valence-electron chi connectivity index (χ2n) is 7.04. The zero-order valence-electron chi connectivity index (χ0n) is 15.9. The van der Waals surface area contributed by atoms with Gasteiger partial charge in [-0.1, -0.05) is 60.7 Å². The number of hydrogen-bond donors (Lipinski definition) is 1. The minimum atomic E-state index is -0.800. The van der Waals surface area contributed by atoms with E-state index in [0.717, 1.165) is 22.3 Å². The molecule has 1 N–H and O–H groups in total. The maximum absolute atomic E-state index is 12.7. The van der Waals surface area contributed by atoms with E-state index in [2.05, 4.69) is 30.3 Å². The first-order valence-electron chi connectivity index (χ1n) is 9.36. The van der Waals surface area contributed by atoms with Gasteiger partial charge in [0.05, 0.1) is 6.07 Å². The quantitative estimate of drug-likeness (QED) is 0.699. The van der Waals surface area contributed by atoms with Crippen molar-refractivity contribution in [2.75, 3.05) is 13.7 Å². The molecule has 0 aromatic heterocycles. The van der Waals surface area contributed by atoms with Gasteiger partial charge in [-0.2, -0.15) is 5.26 Å². The molecule has 1 unspecified atom stereocenters. The Hall–Kier alpha value is -3.78. The normalized spacial score (nSPS) is 13.1. The van der Waals surface area contributed by atoms with Gasteiger partial charge in [0, 0.05) is 13.0 Å². The van der Waals surface area contributed by atoms with E-state index in [0.29, 0.717) is 5.56 Å². The van der Waals surface area contributed by atoms with Gasteiger partial charge in [-0.05, 0) is 39.9 Å². The molecular weight excluding hydrogens is 364 g/mol. The molecule has 0 fully saturated rings. The van der Waals surface area contributed by atoms with E-state index in [-0.39, 0.29) is 18.3 Å². The van der Waals surface area contributed by atoms with Crippen molar-refractivity contribution >= 4 is 6.09 Å². The molecular formula is C24H20N2O3. The van der Waals surface area contributed by atoms with Crippen molar-refractivity contribution in [3.05, 3.63) is 89.5 Å². The number of aromatic hydroxyl groups is 1. The van der Waals surface area contributed by atoms with E-state index >= 15 is 0 Å². The van der Waals surface area contributed by atoms with Crippen molar-refractivity contribution in [1.29, 1.82) is 5.26 Å². The van der Waals surface area contributed by atoms with Crippen molar-refractivity contribution in [2.24, 2.45) is 0 Å². The summed E-state index contributed by atoms with van der Waals surface area (Å²) in [5.74, 6) is 0.0724. The molecule has 1 atom stereocenters. The number of phenols is 1. The Labute approximate surface area is 169 Å². The Morgan fingerprint density at radius 1 is 1.03 bits per heavy atom. The molecule has 1 aliphatic rings. The molecule has 0 saturated heterocycles. The third kappa shape index (κ3) is 3.41. The molecule has 3 aromatic carbocycles. The number of carbonyl (C=O) groups is 1. The number of rotatable bonds is 4. The summed E-state index contributed by atoms with van der Waals surface area (Å²) in [5.41, 5.74) is 5.22. The number of phenolic OH excluding ortho intramolecular Hbond substituents is 1. The van der Waals surface area contributed by atoms with Crippen LogP contribution < -0.4 is 0 Å². The predicted molar refractivity (Wildman–Crippen MR) is 109 cm³/mol. The summed E-state index contributed by atoms with van der Waals surface area (Å²) in [4.78, 5) is 13.9. The van der Waals surface area contributed by atoms with E-state index in [9.17, 15) is 15.2 Å². The molecule has 4 rings (SSSR count). The van der Waals surface area contributed by atoms with Crippen LogP contribution in [0.5, 0.6) is 5.75 Å². The summed E-state index contributed by atoms with van der Waals surface area (Å²) in [7, 11) is 1.54. The zero-order valence-corrected chi connectivity index (χ0v) is 15.9. The number of nitriles is 1. The van der Waals surface area contributed by atoms with Crippen LogP contribution in [0.25, 0.3) is 11.1 Å². The van der Waals surface area contributed by atoms with Crippen LogP contribution in [-0.4, -0.2) is 29.8 Å². The second-order valence-corrected chi connectivity index (χ2v) is 7.04. The number of ether oxygens (including phenoxy) is 1. The molecule has 144 valence electrons. The van der Waals surface area contributed by atoms with Gasteiger partial charge in [0.1, 0.15) is 18.4 Å². The lowest BCUT2D eigenvalue weighted by molar-refractivity contribution is 0.101. The maximum atomic E-state index is 12.7. The minimum Gasteiger partial charge on any atom is -0.508 e. The summed E-state index contributed by atoms with van der Waals surface area (Å²) in [6.45, 7) is 0.199. The number of hydrogen-bond acceptors (Lipinski definition) is 4. The fourth-order valence-corrected chi connectivity index (χ4v) is 3.84. The molecule has 3 aromatic rings. The van der Waals surface area contributed by atoms with Crippen molar-refractivity contribution in [2.45, 2.75) is 12.0 Å². The molecule has 0 saturated carbocycles. The lowest BCUT2D eigenvalue weighted by atomic mass is 9.98. The van der Waals surface area contributed by atoms with E-state index in [1.165, 1.54) is 17.0 Å². The fourth-order valence-electron chi connectivity index (χ4n) is 3.84. The van der Waals surface area contributed by atoms with Crippen LogP contribution in [0.3, 0.4) is 0 Å². The first-order chi connectivity index (χ1) is 14.1. The van der Waals surface area contributed by atoms with Crippen molar-refractivity contribution in [3.8, 4) is 22.9 Å². The van der Waals surface area contributed by atoms with Crippen LogP contribution in [0, 0.1) is 11.3 Å². The van der Waals surface area contributed by atoms with Crippen LogP contribution in [0.2, 0.25) is 0 Å². The average molecular weight is 384 g/mol. The molecule has 1 amide bonds. The summed E-state index contributed by atoms with van der Waals surface area (Å²) >= 11 is 0. The number of carbonyl (C=O) groups excluding carboxylic acids is 1. The average Bonchev–Trinajstić information content (AvgIpc) is 3.07. The maximum Gasteiger partial charge on any atom is 0.410 e. The number of benzene rings is 3. The monoisotopic (exact) mass is 384 g/mol. The van der Waals surface area contributed by atoms with E-state index in [4.69, 9.17) is 4.74 Å². The summed E-state index contributed by atoms with van der Waals surface area (Å²) < 4.78 is 5.62. The van der Waals surface area contributed by atoms with Gasteiger partial charge in [-0.15, -0.1) is 0 Å². The molecule has 0 aliphatic heterocycles. The van der Waals surface area contributed by atoms with Gasteiger partial charge in [-0.25, -0.2) is 4.79 Å². The molecule has 0 radical (unpaired) electrons. The summed E-state index contributed by atoms with van der Waals surface area (Å²) in [6.07, 6.45) is -0.563. The summed E-state index contributed by atoms with van der Waals surface area (Å²) in [6, 6.07) is 23.8. The van der Waals surface area contributed by atoms with Crippen LogP contribution in [-0.2, 0) is 4.74 Å². The Bertz CT molecular complexity index is 1040. The molecule has 1 aliphatic carbocycles. The van der Waals surface area contributed by atoms with Crippen LogP contribution >= 0.6 is 0 Å². The molecule has 5 nitrogen and oxygen atoms in total. The van der Waals surface area contributed by atoms with Gasteiger partial charge in [0.25, 0.3) is 0 Å². The molecule has 0 heterocycles. The highest BCUT2D eigenvalue weighted by molar-refractivity contribution is 5.79. The fraction of sp³-hybridized carbons (Fsp3) is 0.167. The second kappa shape index (κ2) is 7.69. The molecule has 29 heavy (non-hydrogen) atoms. The SMILES string of the molecule is CN(C(=O)OCC1c2ccccc2-c2ccccc21)C(C#N)c1ccc(O)cc1. The summed E-state index contributed by atoms with van der Waals surface area (Å²) in [5, 5.41) is 19.0. The molecule has 0 spiro atoms. The lowest BCUT2D eigenvalue weighted by Crippen LogP contribution is -2.32. The topological polar surface area (TPSA) is 73.6 Å². The van der Waals surface area contributed by atoms with Crippen LogP contribution in [0.1, 0.15) is 28.7 Å². The van der Waals surface area contributed by atoms with Gasteiger partial charge < -0.3 is 9.84 Å². The van der Waals surface area contributed by atoms with Gasteiger partial charge in [-0.3, -0.25) is 4.90 Å². The number of nitrogens with zero attached hydrogens (tertiary/aromatic N) is 2. The zero-order chi connectivity index (χ0) is 20.4. The molecule has 0 bridgehead atoms. The van der Waals surface area contributed by atoms with E-state index < -0.39 is 12.1 Å². The highest BCUT2D eigenvalue weighted by Crippen LogP contribution is 2.44. The Kier molecular flexibility index (Phi) is 4.92. The van der Waals surface area contributed by atoms with Crippen molar-refractivity contribution < 1.29 is 14.6 Å². The number of amides is 1. The van der Waals surface area contributed by atoms with Crippen molar-refractivity contribution in [3.63, 3.8) is 0 Å².